The Morgan fingerprint density at radius 1 is 1.09 bits per heavy atom. The van der Waals surface area contributed by atoms with Crippen LogP contribution < -0.4 is 5.32 Å². The number of amides is 1. The maximum atomic E-state index is 14.9. The number of likely N-dealkylation sites (N-methyl/N-ethyl adjacent to an activating group) is 1. The van der Waals surface area contributed by atoms with Crippen molar-refractivity contribution >= 4 is 19.7 Å². The molecule has 1 fully saturated rings. The summed E-state index contributed by atoms with van der Waals surface area (Å²) in [5.41, 5.74) is 4.36. The maximum Gasteiger partial charge on any atom is 0.275 e. The smallest absolute Gasteiger partial charge is 0.275 e. The van der Waals surface area contributed by atoms with Gasteiger partial charge in [-0.05, 0) is 42.9 Å². The molecule has 0 saturated carbocycles. The van der Waals surface area contributed by atoms with Crippen LogP contribution in [0.4, 0.5) is 18.9 Å². The molecule has 4 rings (SSSR count). The van der Waals surface area contributed by atoms with Crippen LogP contribution in [-0.4, -0.2) is 57.0 Å². The molecule has 2 aromatic rings. The monoisotopic (exact) mass is 485 g/mol. The second kappa shape index (κ2) is 9.21. The summed E-state index contributed by atoms with van der Waals surface area (Å²) in [7, 11) is 0.315. The Hall–Kier alpha value is -2.60. The van der Waals surface area contributed by atoms with Crippen molar-refractivity contribution in [3.63, 3.8) is 0 Å². The van der Waals surface area contributed by atoms with Crippen molar-refractivity contribution in [3.8, 4) is 11.5 Å². The van der Waals surface area contributed by atoms with Gasteiger partial charge in [-0.15, -0.1) is 5.54 Å². The van der Waals surface area contributed by atoms with Gasteiger partial charge >= 0.3 is 0 Å². The number of carbonyl (C=O) groups is 1. The lowest BCUT2D eigenvalue weighted by Gasteiger charge is -2.36. The number of hydrogen-bond donors (Lipinski definition) is 1. The molecule has 0 radical (unpaired) electrons. The number of hydrogen-bond acceptors (Lipinski definition) is 3. The number of carbonyl (C=O) groups excluding carboxylic acids is 1. The van der Waals surface area contributed by atoms with E-state index in [4.69, 9.17) is 0 Å². The largest absolute Gasteiger partial charge is 0.322 e. The minimum atomic E-state index is -2.96. The van der Waals surface area contributed by atoms with Gasteiger partial charge in [0.2, 0.25) is 0 Å². The van der Waals surface area contributed by atoms with Crippen LogP contribution in [0.25, 0.3) is 0 Å². The first kappa shape index (κ1) is 24.5. The standard InChI is InChI=1S/C26H30F3N3OSi/c1-31-10-12-32(13-11-31)24-17-26(28,29)22-16-20(6-7-21(22)24)30-25(33)19-5-8-23(27)18(15-19)9-14-34(2,3)4/h5-8,15-16,24H,10-13,17H2,1-4H3,(H,30,33). The molecule has 8 heteroatoms. The lowest BCUT2D eigenvalue weighted by atomic mass is 10.0. The minimum Gasteiger partial charge on any atom is -0.322 e. The van der Waals surface area contributed by atoms with E-state index in [9.17, 15) is 18.0 Å². The number of nitrogens with one attached hydrogen (secondary N) is 1. The molecule has 2 aliphatic rings. The molecule has 1 heterocycles. The van der Waals surface area contributed by atoms with E-state index in [1.54, 1.807) is 12.1 Å². The first-order valence-electron chi connectivity index (χ1n) is 11.5. The second-order valence-corrected chi connectivity index (χ2v) is 15.0. The molecule has 0 spiro atoms. The molecular weight excluding hydrogens is 455 g/mol. The van der Waals surface area contributed by atoms with E-state index in [2.05, 4.69) is 26.6 Å². The molecule has 0 aromatic heterocycles. The van der Waals surface area contributed by atoms with Gasteiger partial charge in [-0.25, -0.2) is 13.2 Å². The van der Waals surface area contributed by atoms with Crippen molar-refractivity contribution in [2.75, 3.05) is 38.5 Å². The number of nitrogens with zero attached hydrogens (tertiary/aromatic N) is 2. The van der Waals surface area contributed by atoms with E-state index >= 15 is 0 Å². The zero-order valence-corrected chi connectivity index (χ0v) is 21.0. The summed E-state index contributed by atoms with van der Waals surface area (Å²) in [5, 5.41) is 2.69. The number of benzene rings is 2. The average Bonchev–Trinajstić information content (AvgIpc) is 3.03. The zero-order valence-electron chi connectivity index (χ0n) is 20.0. The summed E-state index contributed by atoms with van der Waals surface area (Å²) in [5.74, 6) is -1.10. The third kappa shape index (κ3) is 5.38. The van der Waals surface area contributed by atoms with Crippen molar-refractivity contribution in [2.45, 2.75) is 38.0 Å². The van der Waals surface area contributed by atoms with Crippen LogP contribution in [0, 0.1) is 17.3 Å². The van der Waals surface area contributed by atoms with Crippen LogP contribution in [0.2, 0.25) is 19.6 Å². The van der Waals surface area contributed by atoms with Crippen LogP contribution in [0.1, 0.15) is 39.5 Å². The van der Waals surface area contributed by atoms with Gasteiger partial charge in [0.15, 0.2) is 0 Å². The minimum absolute atomic E-state index is 0.0324. The molecule has 180 valence electrons. The van der Waals surface area contributed by atoms with E-state index < -0.39 is 25.7 Å². The molecule has 1 N–H and O–H groups in total. The Balaban J connectivity index is 1.54. The third-order valence-corrected chi connectivity index (χ3v) is 7.17. The van der Waals surface area contributed by atoms with Crippen LogP contribution in [0.3, 0.4) is 0 Å². The van der Waals surface area contributed by atoms with Crippen LogP contribution >= 0.6 is 0 Å². The van der Waals surface area contributed by atoms with Gasteiger partial charge in [-0.1, -0.05) is 31.6 Å². The third-order valence-electron chi connectivity index (χ3n) is 6.29. The summed E-state index contributed by atoms with van der Waals surface area (Å²) in [4.78, 5) is 17.1. The summed E-state index contributed by atoms with van der Waals surface area (Å²) in [6.45, 7) is 9.36. The van der Waals surface area contributed by atoms with Gasteiger partial charge in [0.25, 0.3) is 11.8 Å². The molecule has 1 amide bonds. The molecule has 1 unspecified atom stereocenters. The van der Waals surface area contributed by atoms with Crippen LogP contribution in [0.15, 0.2) is 36.4 Å². The van der Waals surface area contributed by atoms with E-state index in [0.717, 1.165) is 26.2 Å². The van der Waals surface area contributed by atoms with Gasteiger partial charge in [0, 0.05) is 55.5 Å². The van der Waals surface area contributed by atoms with Crippen LogP contribution in [0.5, 0.6) is 0 Å². The van der Waals surface area contributed by atoms with Crippen molar-refractivity contribution < 1.29 is 18.0 Å². The molecule has 1 aliphatic heterocycles. The summed E-state index contributed by atoms with van der Waals surface area (Å²) >= 11 is 0. The molecule has 4 nitrogen and oxygen atoms in total. The lowest BCUT2D eigenvalue weighted by Crippen LogP contribution is -2.45. The van der Waals surface area contributed by atoms with E-state index in [1.807, 2.05) is 26.7 Å². The highest BCUT2D eigenvalue weighted by molar-refractivity contribution is 6.83. The fourth-order valence-electron chi connectivity index (χ4n) is 4.38. The fourth-order valence-corrected chi connectivity index (χ4v) is 4.89. The molecule has 0 bridgehead atoms. The van der Waals surface area contributed by atoms with Crippen LogP contribution in [-0.2, 0) is 5.92 Å². The molecule has 1 saturated heterocycles. The molecule has 1 atom stereocenters. The summed E-state index contributed by atoms with van der Waals surface area (Å²) in [6.07, 6.45) is -0.249. The van der Waals surface area contributed by atoms with Crippen molar-refractivity contribution in [1.29, 1.82) is 0 Å². The Kier molecular flexibility index (Phi) is 6.64. The first-order chi connectivity index (χ1) is 15.9. The Bertz CT molecular complexity index is 1160. The number of rotatable bonds is 3. The number of halogens is 3. The molecule has 2 aromatic carbocycles. The molecular formula is C26H30F3N3OSi. The van der Waals surface area contributed by atoms with Crippen molar-refractivity contribution in [2.24, 2.45) is 0 Å². The van der Waals surface area contributed by atoms with Gasteiger partial charge < -0.3 is 10.2 Å². The number of piperazine rings is 1. The predicted octanol–water partition coefficient (Wildman–Crippen LogP) is 5.09. The maximum absolute atomic E-state index is 14.9. The quantitative estimate of drug-likeness (QED) is 0.486. The summed E-state index contributed by atoms with van der Waals surface area (Å²) in [6, 6.07) is 8.40. The van der Waals surface area contributed by atoms with Gasteiger partial charge in [0.1, 0.15) is 13.9 Å². The second-order valence-electron chi connectivity index (χ2n) is 10.2. The number of alkyl halides is 2. The van der Waals surface area contributed by atoms with E-state index in [1.165, 1.54) is 24.3 Å². The average molecular weight is 486 g/mol. The normalized spacial score (nSPS) is 20.4. The van der Waals surface area contributed by atoms with Crippen molar-refractivity contribution in [1.82, 2.24) is 9.80 Å². The highest BCUT2D eigenvalue weighted by Gasteiger charge is 2.47. The van der Waals surface area contributed by atoms with Gasteiger partial charge in [-0.3, -0.25) is 9.69 Å². The molecule has 34 heavy (non-hydrogen) atoms. The highest BCUT2D eigenvalue weighted by atomic mass is 28.3. The summed E-state index contributed by atoms with van der Waals surface area (Å²) < 4.78 is 44.0. The van der Waals surface area contributed by atoms with E-state index in [-0.39, 0.29) is 29.2 Å². The SMILES string of the molecule is CN1CCN(C2CC(F)(F)c3cc(NC(=O)c4ccc(F)c(C#C[Si](C)(C)C)c4)ccc32)CC1. The zero-order chi connectivity index (χ0) is 24.7. The number of anilines is 1. The Morgan fingerprint density at radius 3 is 2.47 bits per heavy atom. The fraction of sp³-hybridized carbons (Fsp3) is 0.423. The Labute approximate surface area is 200 Å². The number of fused-ring (bicyclic) bond motifs is 1. The topological polar surface area (TPSA) is 35.6 Å². The van der Waals surface area contributed by atoms with E-state index in [0.29, 0.717) is 11.3 Å². The highest BCUT2D eigenvalue weighted by Crippen LogP contribution is 2.50. The molecule has 1 aliphatic carbocycles. The van der Waals surface area contributed by atoms with Crippen molar-refractivity contribution in [3.05, 3.63) is 64.5 Å². The lowest BCUT2D eigenvalue weighted by molar-refractivity contribution is -0.0257. The predicted molar refractivity (Wildman–Crippen MR) is 131 cm³/mol. The van der Waals surface area contributed by atoms with Gasteiger partial charge in [-0.2, -0.15) is 0 Å². The van der Waals surface area contributed by atoms with Gasteiger partial charge in [0.05, 0.1) is 5.56 Å². The first-order valence-corrected chi connectivity index (χ1v) is 15.0. The Morgan fingerprint density at radius 2 is 1.79 bits per heavy atom.